The topological polar surface area (TPSA) is 147 Å². The molecule has 0 aromatic heterocycles. The molecule has 0 aromatic carbocycles. The van der Waals surface area contributed by atoms with Gasteiger partial charge in [-0.15, -0.1) is 0 Å². The predicted molar refractivity (Wildman–Crippen MR) is 242 cm³/mol. The molecule has 0 saturated heterocycles. The van der Waals surface area contributed by atoms with Crippen LogP contribution in [0.1, 0.15) is 290 Å². The van der Waals surface area contributed by atoms with E-state index in [1.54, 1.807) is 0 Å². The van der Waals surface area contributed by atoms with Crippen LogP contribution in [0.3, 0.4) is 0 Å². The van der Waals surface area contributed by atoms with Crippen molar-refractivity contribution >= 4 is 45.4 Å². The molecule has 0 heterocycles. The summed E-state index contributed by atoms with van der Waals surface area (Å²) < 4.78 is 34.5. The van der Waals surface area contributed by atoms with Crippen molar-refractivity contribution in [1.29, 1.82) is 0 Å². The van der Waals surface area contributed by atoms with Crippen molar-refractivity contribution in [1.82, 2.24) is 0 Å². The van der Waals surface area contributed by atoms with Gasteiger partial charge in [0.05, 0.1) is 6.61 Å². The third kappa shape index (κ3) is 79.5. The van der Waals surface area contributed by atoms with Crippen LogP contribution in [0, 0.1) is 0 Å². The van der Waals surface area contributed by atoms with Crippen molar-refractivity contribution in [2.45, 2.75) is 290 Å². The fourth-order valence-electron chi connectivity index (χ4n) is 7.03. The molecule has 344 valence electrons. The zero-order chi connectivity index (χ0) is 42.8. The van der Waals surface area contributed by atoms with Gasteiger partial charge in [-0.25, -0.2) is 8.42 Å². The fraction of sp³-hybridized carbons (Fsp3) is 0.958. The van der Waals surface area contributed by atoms with Crippen molar-refractivity contribution in [2.75, 3.05) is 6.61 Å². The van der Waals surface area contributed by atoms with Gasteiger partial charge in [0.2, 0.25) is 10.4 Å². The summed E-state index contributed by atoms with van der Waals surface area (Å²) in [4.78, 5) is 20.4. The van der Waals surface area contributed by atoms with Crippen molar-refractivity contribution in [3.8, 4) is 0 Å². The van der Waals surface area contributed by atoms with E-state index in [0.717, 1.165) is 38.5 Å². The Morgan fingerprint density at radius 2 is 0.525 bits per heavy atom. The standard InChI is InChI=1S/2C18H36O2.C12H26O4S.Mg.Na/c2*1-2-3-4-5-6-7-8-9-10-11-12-13-14-15-16-17-18(19)20;1-2-3-4-5-6-7-8-9-10-11-12-16-17(13,14)15;;/h2*2-17H2,1H3,(H,19,20);2-12H2,1H3,(H,13,14,15);;/q;;;+2;+1/p-3. The Balaban J connectivity index is -0.000000244. The first-order valence-electron chi connectivity index (χ1n) is 24.6. The molecule has 0 unspecified atom stereocenters. The van der Waals surface area contributed by atoms with E-state index in [9.17, 15) is 32.8 Å². The summed E-state index contributed by atoms with van der Waals surface area (Å²) in [5.74, 6) is -1.81. The molecule has 8 nitrogen and oxygen atoms in total. The number of aliphatic carboxylic acids is 2. The van der Waals surface area contributed by atoms with E-state index in [2.05, 4.69) is 25.0 Å². The van der Waals surface area contributed by atoms with Gasteiger partial charge in [0.25, 0.3) is 0 Å². The molecule has 0 rings (SSSR count). The van der Waals surface area contributed by atoms with Crippen LogP contribution < -0.4 is 39.8 Å². The summed E-state index contributed by atoms with van der Waals surface area (Å²) in [5, 5.41) is 20.4. The molecule has 0 radical (unpaired) electrons. The van der Waals surface area contributed by atoms with Crippen LogP contribution >= 0.6 is 0 Å². The Hall–Kier alpha value is 0.576. The Morgan fingerprint density at radius 3 is 0.695 bits per heavy atom. The van der Waals surface area contributed by atoms with E-state index in [1.165, 1.54) is 212 Å². The maximum absolute atomic E-state index is 10.2. The minimum Gasteiger partial charge on any atom is -0.726 e. The summed E-state index contributed by atoms with van der Waals surface area (Å²) in [5.41, 5.74) is 0. The molecule has 0 amide bonds. The van der Waals surface area contributed by atoms with E-state index >= 15 is 0 Å². The number of rotatable bonds is 44. The Morgan fingerprint density at radius 1 is 0.356 bits per heavy atom. The molecule has 0 aromatic rings. The molecule has 0 atom stereocenters. The number of unbranched alkanes of at least 4 members (excludes halogenated alkanes) is 37. The molecule has 0 spiro atoms. The molecule has 0 fully saturated rings. The van der Waals surface area contributed by atoms with E-state index in [1.807, 2.05) is 0 Å². The van der Waals surface area contributed by atoms with Gasteiger partial charge in [0.1, 0.15) is 0 Å². The first-order valence-corrected chi connectivity index (χ1v) is 25.9. The summed E-state index contributed by atoms with van der Waals surface area (Å²) in [6.45, 7) is 6.78. The summed E-state index contributed by atoms with van der Waals surface area (Å²) in [7, 11) is -4.48. The Kier molecular flexibility index (Phi) is 70.6. The smallest absolute Gasteiger partial charge is 0.726 e. The van der Waals surface area contributed by atoms with Crippen molar-refractivity contribution < 1.29 is 66.5 Å². The number of carboxylic acids is 2. The van der Waals surface area contributed by atoms with Crippen LogP contribution in [0.5, 0.6) is 0 Å². The average Bonchev–Trinajstić information content (AvgIpc) is 3.17. The van der Waals surface area contributed by atoms with Crippen molar-refractivity contribution in [2.24, 2.45) is 0 Å². The van der Waals surface area contributed by atoms with E-state index in [-0.39, 0.29) is 72.1 Å². The maximum Gasteiger partial charge on any atom is 2.00 e. The van der Waals surface area contributed by atoms with Gasteiger partial charge >= 0.3 is 52.6 Å². The minimum atomic E-state index is -4.48. The van der Waals surface area contributed by atoms with Crippen LogP contribution in [0.4, 0.5) is 0 Å². The molecule has 0 aliphatic carbocycles. The summed E-state index contributed by atoms with van der Waals surface area (Å²) >= 11 is 0. The van der Waals surface area contributed by atoms with E-state index in [4.69, 9.17) is 0 Å². The zero-order valence-electron chi connectivity index (χ0n) is 39.8. The average molecular weight is 880 g/mol. The number of hydrogen-bond donors (Lipinski definition) is 0. The second-order valence-electron chi connectivity index (χ2n) is 16.6. The SMILES string of the molecule is CCCCCCCCCCCCCCCCCC(=O)[O-].CCCCCCCCCCCCCCCCCC(=O)[O-].CCCCCCCCCCCCOS(=O)(=O)[O-].[Mg+2].[Na+]. The van der Waals surface area contributed by atoms with Crippen molar-refractivity contribution in [3.63, 3.8) is 0 Å². The number of hydrogen-bond acceptors (Lipinski definition) is 8. The van der Waals surface area contributed by atoms with Crippen LogP contribution in [0.15, 0.2) is 0 Å². The molecular weight excluding hydrogens is 784 g/mol. The number of carbonyl (C=O) groups is 2. The van der Waals surface area contributed by atoms with Gasteiger partial charge in [-0.2, -0.15) is 0 Å². The normalized spacial score (nSPS) is 10.8. The molecule has 0 aliphatic rings. The van der Waals surface area contributed by atoms with Crippen LogP contribution in [0.25, 0.3) is 0 Å². The molecule has 0 N–H and O–H groups in total. The zero-order valence-corrected chi connectivity index (χ0v) is 44.0. The van der Waals surface area contributed by atoms with Crippen LogP contribution in [-0.4, -0.2) is 54.6 Å². The first-order chi connectivity index (χ1) is 27.6. The predicted octanol–water partition coefficient (Wildman–Crippen LogP) is 10.0. The second-order valence-corrected chi connectivity index (χ2v) is 17.6. The second kappa shape index (κ2) is 60.7. The van der Waals surface area contributed by atoms with Gasteiger partial charge in [-0.1, -0.05) is 258 Å². The quantitative estimate of drug-likeness (QED) is 0.0254. The monoisotopic (exact) mass is 879 g/mol. The molecular formula is C48H95MgNaO8S. The Bertz CT molecular complexity index is 850. The molecule has 11 heteroatoms. The first kappa shape index (κ1) is 68.6. The van der Waals surface area contributed by atoms with Gasteiger partial charge < -0.3 is 24.4 Å². The third-order valence-electron chi connectivity index (χ3n) is 10.7. The maximum atomic E-state index is 10.2. The third-order valence-corrected chi connectivity index (χ3v) is 11.1. The van der Waals surface area contributed by atoms with Crippen LogP contribution in [-0.2, 0) is 24.2 Å². The van der Waals surface area contributed by atoms with Crippen molar-refractivity contribution in [3.05, 3.63) is 0 Å². The minimum absolute atomic E-state index is 0. The molecule has 0 aliphatic heterocycles. The van der Waals surface area contributed by atoms with Gasteiger partial charge in [-0.3, -0.25) is 4.18 Å². The van der Waals surface area contributed by atoms with Gasteiger partial charge in [-0.05, 0) is 32.1 Å². The van der Waals surface area contributed by atoms with Gasteiger partial charge in [0.15, 0.2) is 0 Å². The molecule has 0 saturated carbocycles. The largest absolute Gasteiger partial charge is 2.00 e. The molecule has 0 bridgehead atoms. The van der Waals surface area contributed by atoms with Gasteiger partial charge in [0, 0.05) is 11.9 Å². The van der Waals surface area contributed by atoms with E-state index in [0.29, 0.717) is 6.42 Å². The summed E-state index contributed by atoms with van der Waals surface area (Å²) in [6, 6.07) is 0. The number of carbonyl (C=O) groups excluding carboxylic acids is 2. The van der Waals surface area contributed by atoms with Crippen LogP contribution in [0.2, 0.25) is 0 Å². The number of carboxylic acid groups (broad SMARTS) is 2. The Labute approximate surface area is 405 Å². The molecule has 59 heavy (non-hydrogen) atoms. The summed E-state index contributed by atoms with van der Waals surface area (Å²) in [6.07, 6.45) is 51.4. The van der Waals surface area contributed by atoms with E-state index < -0.39 is 22.3 Å². The fourth-order valence-corrected chi connectivity index (χ4v) is 7.35.